The molecule has 0 atom stereocenters. The molecule has 0 saturated carbocycles. The Morgan fingerprint density at radius 3 is 2.67 bits per heavy atom. The van der Waals surface area contributed by atoms with E-state index in [4.69, 9.17) is 9.84 Å². The molecule has 0 unspecified atom stereocenters. The first kappa shape index (κ1) is 21.2. The minimum Gasteiger partial charge on any atom is -0.494 e. The summed E-state index contributed by atoms with van der Waals surface area (Å²) in [6.45, 7) is 9.21. The first-order valence-electron chi connectivity index (χ1n) is 11.2. The van der Waals surface area contributed by atoms with Gasteiger partial charge in [0.1, 0.15) is 22.9 Å². The van der Waals surface area contributed by atoms with Gasteiger partial charge in [-0.1, -0.05) is 6.58 Å². The lowest BCUT2D eigenvalue weighted by Gasteiger charge is -2.47. The van der Waals surface area contributed by atoms with Gasteiger partial charge >= 0.3 is 0 Å². The summed E-state index contributed by atoms with van der Waals surface area (Å²) >= 11 is 0. The second-order valence-corrected chi connectivity index (χ2v) is 8.72. The Balaban J connectivity index is 1.30. The summed E-state index contributed by atoms with van der Waals surface area (Å²) in [6.07, 6.45) is 8.78. The van der Waals surface area contributed by atoms with Crippen molar-refractivity contribution < 1.29 is 9.53 Å². The molecule has 5 rings (SSSR count). The highest BCUT2D eigenvalue weighted by Gasteiger charge is 2.36. The summed E-state index contributed by atoms with van der Waals surface area (Å²) in [5.41, 5.74) is 4.23. The minimum absolute atomic E-state index is 0.0309. The normalized spacial score (nSPS) is 17.7. The molecule has 0 radical (unpaired) electrons. The SMILES string of the molecule is C=CC(=O)N1CCC(N2CC(n3ncc(-c4cc(OC)c5c(C#N)cnn5c4)c3C)C2)CC1. The monoisotopic (exact) mass is 445 g/mol. The lowest BCUT2D eigenvalue weighted by molar-refractivity contribution is -0.128. The number of carbonyl (C=O) groups is 1. The van der Waals surface area contributed by atoms with Gasteiger partial charge in [-0.3, -0.25) is 14.4 Å². The second kappa shape index (κ2) is 8.37. The fraction of sp³-hybridized carbons (Fsp3) is 0.417. The molecule has 0 bridgehead atoms. The molecule has 3 aromatic heterocycles. The van der Waals surface area contributed by atoms with Crippen molar-refractivity contribution in [3.63, 3.8) is 0 Å². The maximum absolute atomic E-state index is 11.8. The molecule has 9 nitrogen and oxygen atoms in total. The largest absolute Gasteiger partial charge is 0.494 e. The Labute approximate surface area is 192 Å². The summed E-state index contributed by atoms with van der Waals surface area (Å²) in [4.78, 5) is 16.2. The Morgan fingerprint density at radius 1 is 1.24 bits per heavy atom. The van der Waals surface area contributed by atoms with Crippen LogP contribution >= 0.6 is 0 Å². The van der Waals surface area contributed by atoms with E-state index in [1.807, 2.05) is 23.4 Å². The number of carbonyl (C=O) groups excluding carboxylic acids is 1. The number of rotatable bonds is 5. The zero-order chi connectivity index (χ0) is 23.1. The Morgan fingerprint density at radius 2 is 2.00 bits per heavy atom. The standard InChI is InChI=1S/C24H27N7O2/c1-4-23(32)28-7-5-19(6-8-28)29-14-20(15-29)31-16(2)21(12-27-31)17-9-22(33-3)24-18(10-25)11-26-30(24)13-17/h4,9,11-13,19-20H,1,5-8,14-15H2,2-3H3. The summed E-state index contributed by atoms with van der Waals surface area (Å²) in [5.74, 6) is 0.646. The first-order chi connectivity index (χ1) is 16.0. The Bertz CT molecular complexity index is 1250. The fourth-order valence-electron chi connectivity index (χ4n) is 5.07. The van der Waals surface area contributed by atoms with Crippen molar-refractivity contribution in [1.29, 1.82) is 5.26 Å². The van der Waals surface area contributed by atoms with Gasteiger partial charge in [0.25, 0.3) is 0 Å². The number of ether oxygens (including phenoxy) is 1. The van der Waals surface area contributed by atoms with E-state index in [1.54, 1.807) is 17.8 Å². The molecule has 9 heteroatoms. The number of fused-ring (bicyclic) bond motifs is 1. The number of amides is 1. The van der Waals surface area contributed by atoms with Crippen molar-refractivity contribution >= 4 is 11.4 Å². The van der Waals surface area contributed by atoms with E-state index in [-0.39, 0.29) is 5.91 Å². The average Bonchev–Trinajstić information content (AvgIpc) is 3.41. The average molecular weight is 446 g/mol. The highest BCUT2D eigenvalue weighted by Crippen LogP contribution is 2.34. The molecular weight excluding hydrogens is 418 g/mol. The van der Waals surface area contributed by atoms with Crippen LogP contribution in [0.3, 0.4) is 0 Å². The van der Waals surface area contributed by atoms with Crippen molar-refractivity contribution in [2.24, 2.45) is 0 Å². The van der Waals surface area contributed by atoms with E-state index >= 15 is 0 Å². The van der Waals surface area contributed by atoms with E-state index in [2.05, 4.69) is 34.3 Å². The third kappa shape index (κ3) is 3.56. The van der Waals surface area contributed by atoms with E-state index in [0.717, 1.165) is 55.8 Å². The molecular formula is C24H27N7O2. The smallest absolute Gasteiger partial charge is 0.245 e. The van der Waals surface area contributed by atoms with Gasteiger partial charge in [0.2, 0.25) is 5.91 Å². The molecule has 2 aliphatic heterocycles. The molecule has 1 amide bonds. The van der Waals surface area contributed by atoms with E-state index in [1.165, 1.54) is 6.08 Å². The van der Waals surface area contributed by atoms with Crippen LogP contribution < -0.4 is 4.74 Å². The third-order valence-electron chi connectivity index (χ3n) is 6.98. The third-order valence-corrected chi connectivity index (χ3v) is 6.98. The predicted molar refractivity (Wildman–Crippen MR) is 123 cm³/mol. The highest BCUT2D eigenvalue weighted by atomic mass is 16.5. The van der Waals surface area contributed by atoms with Gasteiger partial charge in [-0.05, 0) is 31.9 Å². The molecule has 0 aliphatic carbocycles. The Hall–Kier alpha value is -3.64. The van der Waals surface area contributed by atoms with Gasteiger partial charge in [-0.15, -0.1) is 0 Å². The predicted octanol–water partition coefficient (Wildman–Crippen LogP) is 2.42. The molecule has 2 aliphatic rings. The van der Waals surface area contributed by atoms with E-state index < -0.39 is 0 Å². The number of hydrogen-bond acceptors (Lipinski definition) is 6. The lowest BCUT2D eigenvalue weighted by Crippen LogP contribution is -2.56. The van der Waals surface area contributed by atoms with Crippen LogP contribution in [0.1, 0.15) is 30.1 Å². The molecule has 33 heavy (non-hydrogen) atoms. The number of aromatic nitrogens is 4. The molecule has 2 saturated heterocycles. The molecule has 2 fully saturated rings. The molecule has 5 heterocycles. The summed E-state index contributed by atoms with van der Waals surface area (Å²) in [7, 11) is 1.60. The van der Waals surface area contributed by atoms with Crippen LogP contribution in [0, 0.1) is 18.3 Å². The van der Waals surface area contributed by atoms with Crippen LogP contribution in [-0.4, -0.2) is 74.4 Å². The maximum atomic E-state index is 11.8. The van der Waals surface area contributed by atoms with Crippen LogP contribution in [0.5, 0.6) is 5.75 Å². The quantitative estimate of drug-likeness (QED) is 0.560. The summed E-state index contributed by atoms with van der Waals surface area (Å²) in [5, 5.41) is 18.4. The van der Waals surface area contributed by atoms with Gasteiger partial charge in [0.05, 0.1) is 25.5 Å². The molecule has 0 spiro atoms. The zero-order valence-corrected chi connectivity index (χ0v) is 18.9. The number of methoxy groups -OCH3 is 1. The number of hydrogen-bond donors (Lipinski definition) is 0. The number of pyridine rings is 1. The number of nitriles is 1. The van der Waals surface area contributed by atoms with Gasteiger partial charge in [-0.2, -0.15) is 15.5 Å². The van der Waals surface area contributed by atoms with Crippen LogP contribution in [-0.2, 0) is 4.79 Å². The second-order valence-electron chi connectivity index (χ2n) is 8.72. The van der Waals surface area contributed by atoms with Crippen LogP contribution in [0.4, 0.5) is 0 Å². The Kier molecular flexibility index (Phi) is 5.38. The molecule has 0 aromatic carbocycles. The highest BCUT2D eigenvalue weighted by molar-refractivity contribution is 5.87. The van der Waals surface area contributed by atoms with Gasteiger partial charge in [0, 0.05) is 55.2 Å². The fourth-order valence-corrected chi connectivity index (χ4v) is 5.07. The van der Waals surface area contributed by atoms with Crippen molar-refractivity contribution in [2.75, 3.05) is 33.3 Å². The maximum Gasteiger partial charge on any atom is 0.245 e. The lowest BCUT2D eigenvalue weighted by atomic mass is 9.97. The number of piperidine rings is 1. The van der Waals surface area contributed by atoms with E-state index in [9.17, 15) is 10.1 Å². The molecule has 170 valence electrons. The van der Waals surface area contributed by atoms with Crippen LogP contribution in [0.25, 0.3) is 16.6 Å². The van der Waals surface area contributed by atoms with Gasteiger partial charge in [-0.25, -0.2) is 4.52 Å². The topological polar surface area (TPSA) is 91.7 Å². The first-order valence-corrected chi connectivity index (χ1v) is 11.2. The van der Waals surface area contributed by atoms with Gasteiger partial charge in [0.15, 0.2) is 0 Å². The number of nitrogens with zero attached hydrogens (tertiary/aromatic N) is 7. The van der Waals surface area contributed by atoms with E-state index in [0.29, 0.717) is 28.9 Å². The molecule has 3 aromatic rings. The number of likely N-dealkylation sites (tertiary alicyclic amines) is 2. The summed E-state index contributed by atoms with van der Waals surface area (Å²) in [6, 6.07) is 4.97. The summed E-state index contributed by atoms with van der Waals surface area (Å²) < 4.78 is 9.36. The van der Waals surface area contributed by atoms with Crippen LogP contribution in [0.2, 0.25) is 0 Å². The van der Waals surface area contributed by atoms with Crippen molar-refractivity contribution in [2.45, 2.75) is 31.8 Å². The van der Waals surface area contributed by atoms with Crippen molar-refractivity contribution in [3.05, 3.63) is 48.6 Å². The molecule has 0 N–H and O–H groups in total. The van der Waals surface area contributed by atoms with Crippen molar-refractivity contribution in [1.82, 2.24) is 29.2 Å². The van der Waals surface area contributed by atoms with Gasteiger partial charge < -0.3 is 9.64 Å². The van der Waals surface area contributed by atoms with Crippen molar-refractivity contribution in [3.8, 4) is 22.9 Å². The zero-order valence-electron chi connectivity index (χ0n) is 18.9. The minimum atomic E-state index is 0.0309. The van der Waals surface area contributed by atoms with Crippen LogP contribution in [0.15, 0.2) is 37.3 Å².